The van der Waals surface area contributed by atoms with Gasteiger partial charge in [0.15, 0.2) is 11.5 Å². The minimum atomic E-state index is -3.87. The predicted octanol–water partition coefficient (Wildman–Crippen LogP) is 2.24. The molecule has 2 aromatic carbocycles. The number of hydrogen-bond acceptors (Lipinski definition) is 5. The smallest absolute Gasteiger partial charge is 0.241 e. The van der Waals surface area contributed by atoms with E-state index in [0.29, 0.717) is 11.4 Å². The number of aryl methyl sites for hydroxylation is 2. The molecule has 2 rings (SSSR count). The van der Waals surface area contributed by atoms with Crippen molar-refractivity contribution in [1.29, 1.82) is 0 Å². The van der Waals surface area contributed by atoms with Crippen molar-refractivity contribution in [2.24, 2.45) is 0 Å². The number of rotatable bonds is 7. The van der Waals surface area contributed by atoms with Crippen LogP contribution in [0.1, 0.15) is 11.1 Å². The molecular formula is C18H22N2O5S. The van der Waals surface area contributed by atoms with Crippen LogP contribution in [-0.2, 0) is 14.8 Å². The monoisotopic (exact) mass is 378 g/mol. The number of anilines is 1. The highest BCUT2D eigenvalue weighted by atomic mass is 32.2. The van der Waals surface area contributed by atoms with Gasteiger partial charge in [-0.1, -0.05) is 17.7 Å². The summed E-state index contributed by atoms with van der Waals surface area (Å²) in [6.45, 7) is 3.44. The second-order valence-electron chi connectivity index (χ2n) is 5.71. The minimum absolute atomic E-state index is 0.0190. The van der Waals surface area contributed by atoms with E-state index in [4.69, 9.17) is 9.47 Å². The lowest BCUT2D eigenvalue weighted by Crippen LogP contribution is -2.33. The Morgan fingerprint density at radius 3 is 2.31 bits per heavy atom. The van der Waals surface area contributed by atoms with Crippen LogP contribution in [0.5, 0.6) is 11.5 Å². The molecule has 26 heavy (non-hydrogen) atoms. The molecule has 0 bridgehead atoms. The number of carbonyl (C=O) groups excluding carboxylic acids is 1. The lowest BCUT2D eigenvalue weighted by Gasteiger charge is -2.12. The zero-order valence-electron chi connectivity index (χ0n) is 15.1. The summed E-state index contributed by atoms with van der Waals surface area (Å²) in [6.07, 6.45) is 0. The first-order valence-corrected chi connectivity index (χ1v) is 9.34. The third-order valence-electron chi connectivity index (χ3n) is 3.74. The molecule has 1 amide bonds. The summed E-state index contributed by atoms with van der Waals surface area (Å²) in [5.74, 6) is 0.246. The van der Waals surface area contributed by atoms with Crippen molar-refractivity contribution in [3.8, 4) is 11.5 Å². The van der Waals surface area contributed by atoms with E-state index in [9.17, 15) is 13.2 Å². The predicted molar refractivity (Wildman–Crippen MR) is 99.3 cm³/mol. The molecule has 0 fully saturated rings. The van der Waals surface area contributed by atoms with Crippen LogP contribution in [0.2, 0.25) is 0 Å². The van der Waals surface area contributed by atoms with Gasteiger partial charge in [0.1, 0.15) is 0 Å². The fourth-order valence-electron chi connectivity index (χ4n) is 2.38. The molecule has 0 aliphatic heterocycles. The highest BCUT2D eigenvalue weighted by molar-refractivity contribution is 7.89. The van der Waals surface area contributed by atoms with Crippen LogP contribution in [0.25, 0.3) is 0 Å². The lowest BCUT2D eigenvalue weighted by atomic mass is 10.1. The van der Waals surface area contributed by atoms with Crippen molar-refractivity contribution < 1.29 is 22.7 Å². The van der Waals surface area contributed by atoms with Gasteiger partial charge in [-0.25, -0.2) is 13.1 Å². The third-order valence-corrected chi connectivity index (χ3v) is 5.14. The number of hydrogen-bond donors (Lipinski definition) is 2. The second-order valence-corrected chi connectivity index (χ2v) is 7.47. The van der Waals surface area contributed by atoms with Gasteiger partial charge < -0.3 is 14.8 Å². The van der Waals surface area contributed by atoms with Crippen molar-refractivity contribution >= 4 is 21.6 Å². The average Bonchev–Trinajstić information content (AvgIpc) is 2.61. The normalized spacial score (nSPS) is 11.1. The maximum atomic E-state index is 12.4. The Balaban J connectivity index is 2.06. The van der Waals surface area contributed by atoms with Gasteiger partial charge in [-0.3, -0.25) is 4.79 Å². The Bertz CT molecular complexity index is 910. The molecular weight excluding hydrogens is 356 g/mol. The minimum Gasteiger partial charge on any atom is -0.493 e. The molecule has 7 nitrogen and oxygen atoms in total. The van der Waals surface area contributed by atoms with E-state index in [1.807, 2.05) is 26.0 Å². The fourth-order valence-corrected chi connectivity index (χ4v) is 3.37. The zero-order chi connectivity index (χ0) is 19.3. The number of sulfonamides is 1. The van der Waals surface area contributed by atoms with E-state index >= 15 is 0 Å². The number of ether oxygens (including phenoxy) is 2. The van der Waals surface area contributed by atoms with E-state index in [0.717, 1.165) is 11.1 Å². The van der Waals surface area contributed by atoms with Crippen LogP contribution in [0.15, 0.2) is 41.3 Å². The first-order chi connectivity index (χ1) is 12.3. The van der Waals surface area contributed by atoms with Gasteiger partial charge in [-0.2, -0.15) is 0 Å². The Morgan fingerprint density at radius 1 is 1.00 bits per heavy atom. The Labute approximate surface area is 153 Å². The quantitative estimate of drug-likeness (QED) is 0.771. The molecule has 0 spiro atoms. The van der Waals surface area contributed by atoms with E-state index in [1.54, 1.807) is 6.07 Å². The molecule has 2 N–H and O–H groups in total. The summed E-state index contributed by atoms with van der Waals surface area (Å²) in [4.78, 5) is 12.0. The zero-order valence-corrected chi connectivity index (χ0v) is 15.9. The molecule has 0 saturated heterocycles. The Kier molecular flexibility index (Phi) is 6.23. The lowest BCUT2D eigenvalue weighted by molar-refractivity contribution is -0.115. The Hall–Kier alpha value is -2.58. The van der Waals surface area contributed by atoms with Crippen LogP contribution in [0, 0.1) is 13.8 Å². The maximum Gasteiger partial charge on any atom is 0.241 e. The van der Waals surface area contributed by atoms with Gasteiger partial charge >= 0.3 is 0 Å². The van der Waals surface area contributed by atoms with Crippen molar-refractivity contribution in [2.45, 2.75) is 18.7 Å². The largest absolute Gasteiger partial charge is 0.493 e. The van der Waals surface area contributed by atoms with E-state index in [-0.39, 0.29) is 17.2 Å². The van der Waals surface area contributed by atoms with Crippen molar-refractivity contribution in [2.75, 3.05) is 26.1 Å². The van der Waals surface area contributed by atoms with Gasteiger partial charge in [0.25, 0.3) is 0 Å². The number of methoxy groups -OCH3 is 2. The first-order valence-electron chi connectivity index (χ1n) is 7.85. The summed E-state index contributed by atoms with van der Waals surface area (Å²) in [5, 5.41) is 2.69. The van der Waals surface area contributed by atoms with E-state index < -0.39 is 15.9 Å². The first kappa shape index (κ1) is 19.7. The highest BCUT2D eigenvalue weighted by Gasteiger charge is 2.18. The molecule has 0 radical (unpaired) electrons. The van der Waals surface area contributed by atoms with E-state index in [2.05, 4.69) is 10.0 Å². The number of carbonyl (C=O) groups is 1. The summed E-state index contributed by atoms with van der Waals surface area (Å²) in [7, 11) is -0.993. The van der Waals surface area contributed by atoms with Crippen LogP contribution in [0.3, 0.4) is 0 Å². The summed E-state index contributed by atoms with van der Waals surface area (Å²) in [6, 6.07) is 9.79. The summed E-state index contributed by atoms with van der Waals surface area (Å²) < 4.78 is 37.2. The van der Waals surface area contributed by atoms with E-state index in [1.165, 1.54) is 32.4 Å². The topological polar surface area (TPSA) is 93.7 Å². The third kappa shape index (κ3) is 4.74. The maximum absolute atomic E-state index is 12.4. The molecule has 0 saturated carbocycles. The second kappa shape index (κ2) is 8.20. The standard InChI is InChI=1S/C18H22N2O5S/c1-12-5-7-15(13(2)9-12)20-18(21)11-19-26(22,23)14-6-8-16(24-3)17(10-14)25-4/h5-10,19H,11H2,1-4H3,(H,20,21). The van der Waals surface area contributed by atoms with Gasteiger partial charge in [0, 0.05) is 11.8 Å². The average molecular weight is 378 g/mol. The molecule has 0 atom stereocenters. The molecule has 8 heteroatoms. The van der Waals surface area contributed by atoms with Crippen LogP contribution in [0.4, 0.5) is 5.69 Å². The van der Waals surface area contributed by atoms with Gasteiger partial charge in [-0.05, 0) is 37.6 Å². The molecule has 0 aliphatic rings. The van der Waals surface area contributed by atoms with Crippen molar-refractivity contribution in [3.05, 3.63) is 47.5 Å². The molecule has 0 aliphatic carbocycles. The van der Waals surface area contributed by atoms with Gasteiger partial charge in [0.05, 0.1) is 25.7 Å². The summed E-state index contributed by atoms with van der Waals surface area (Å²) in [5.41, 5.74) is 2.63. The molecule has 2 aromatic rings. The summed E-state index contributed by atoms with van der Waals surface area (Å²) >= 11 is 0. The molecule has 140 valence electrons. The SMILES string of the molecule is COc1ccc(S(=O)(=O)NCC(=O)Nc2ccc(C)cc2C)cc1OC. The van der Waals surface area contributed by atoms with Crippen LogP contribution in [-0.4, -0.2) is 35.1 Å². The van der Waals surface area contributed by atoms with Gasteiger partial charge in [-0.15, -0.1) is 0 Å². The van der Waals surface area contributed by atoms with Crippen molar-refractivity contribution in [1.82, 2.24) is 4.72 Å². The van der Waals surface area contributed by atoms with Crippen LogP contribution >= 0.6 is 0 Å². The van der Waals surface area contributed by atoms with Crippen molar-refractivity contribution in [3.63, 3.8) is 0 Å². The van der Waals surface area contributed by atoms with Gasteiger partial charge in [0.2, 0.25) is 15.9 Å². The fraction of sp³-hybridized carbons (Fsp3) is 0.278. The Morgan fingerprint density at radius 2 is 1.69 bits per heavy atom. The number of nitrogens with one attached hydrogen (secondary N) is 2. The number of benzene rings is 2. The molecule has 0 unspecified atom stereocenters. The molecule has 0 heterocycles. The highest BCUT2D eigenvalue weighted by Crippen LogP contribution is 2.29. The molecule has 0 aromatic heterocycles. The number of amides is 1. The van der Waals surface area contributed by atoms with Crippen LogP contribution < -0.4 is 19.5 Å².